The van der Waals surface area contributed by atoms with E-state index in [4.69, 9.17) is 5.73 Å². The molecule has 2 fully saturated rings. The fourth-order valence-corrected chi connectivity index (χ4v) is 5.78. The van der Waals surface area contributed by atoms with E-state index in [1.807, 2.05) is 12.1 Å². The van der Waals surface area contributed by atoms with Gasteiger partial charge < -0.3 is 10.6 Å². The first-order chi connectivity index (χ1) is 14.0. The predicted molar refractivity (Wildman–Crippen MR) is 110 cm³/mol. The maximum atomic E-state index is 13.3. The van der Waals surface area contributed by atoms with Gasteiger partial charge in [0.25, 0.3) is 0 Å². The summed E-state index contributed by atoms with van der Waals surface area (Å²) in [5.41, 5.74) is 7.76. The molecule has 0 saturated carbocycles. The molecule has 2 aliphatic rings. The van der Waals surface area contributed by atoms with Crippen LogP contribution in [0, 0.1) is 0 Å². The van der Waals surface area contributed by atoms with Crippen molar-refractivity contribution >= 4 is 15.9 Å². The molecule has 1 aromatic heterocycles. The predicted octanol–water partition coefficient (Wildman–Crippen LogP) is 1.85. The number of amides is 1. The van der Waals surface area contributed by atoms with Crippen molar-refractivity contribution in [3.63, 3.8) is 0 Å². The van der Waals surface area contributed by atoms with Gasteiger partial charge in [-0.1, -0.05) is 24.6 Å². The van der Waals surface area contributed by atoms with Crippen molar-refractivity contribution in [1.82, 2.24) is 14.2 Å². The Kier molecular flexibility index (Phi) is 5.67. The van der Waals surface area contributed by atoms with Gasteiger partial charge in [-0.05, 0) is 48.6 Å². The molecule has 1 aromatic carbocycles. The molecule has 2 saturated heterocycles. The van der Waals surface area contributed by atoms with Crippen LogP contribution in [0.2, 0.25) is 0 Å². The highest BCUT2D eigenvalue weighted by Gasteiger charge is 2.40. The molecule has 3 heterocycles. The molecule has 4 rings (SSSR count). The minimum Gasteiger partial charge on any atom is -0.340 e. The second-order valence-corrected chi connectivity index (χ2v) is 9.62. The second-order valence-electron chi connectivity index (χ2n) is 7.73. The molecule has 154 valence electrons. The van der Waals surface area contributed by atoms with Crippen LogP contribution in [0.15, 0.2) is 53.7 Å². The summed E-state index contributed by atoms with van der Waals surface area (Å²) in [6.45, 7) is 1.47. The number of aromatic nitrogens is 1. The van der Waals surface area contributed by atoms with Crippen LogP contribution < -0.4 is 5.73 Å². The van der Waals surface area contributed by atoms with Crippen LogP contribution in [0.4, 0.5) is 0 Å². The van der Waals surface area contributed by atoms with E-state index in [2.05, 4.69) is 4.98 Å². The van der Waals surface area contributed by atoms with Gasteiger partial charge in [-0.3, -0.25) is 9.78 Å². The number of hydrogen-bond donors (Lipinski definition) is 1. The van der Waals surface area contributed by atoms with Crippen molar-refractivity contribution in [2.75, 3.05) is 19.6 Å². The highest BCUT2D eigenvalue weighted by Crippen LogP contribution is 2.29. The first-order valence-electron chi connectivity index (χ1n) is 10.0. The average molecular weight is 415 g/mol. The molecular weight excluding hydrogens is 388 g/mol. The number of likely N-dealkylation sites (tertiary alicyclic amines) is 1. The van der Waals surface area contributed by atoms with Gasteiger partial charge in [0.2, 0.25) is 15.9 Å². The molecule has 8 heteroatoms. The number of sulfonamides is 1. The Hall–Kier alpha value is -2.29. The van der Waals surface area contributed by atoms with Crippen molar-refractivity contribution in [3.8, 4) is 11.1 Å². The number of hydrogen-bond acceptors (Lipinski definition) is 5. The molecule has 0 unspecified atom stereocenters. The first-order valence-corrected chi connectivity index (χ1v) is 11.5. The van der Waals surface area contributed by atoms with Gasteiger partial charge in [-0.2, -0.15) is 4.31 Å². The van der Waals surface area contributed by atoms with Crippen molar-refractivity contribution < 1.29 is 13.2 Å². The number of benzene rings is 1. The summed E-state index contributed by atoms with van der Waals surface area (Å²) in [4.78, 5) is 19.1. The standard InChI is InChI=1S/C21H26N4O3S/c22-18-10-13-24(15-18)21(26)20-5-1-2-12-25(20)29(27,28)19-8-6-16(7-9-19)17-4-3-11-23-14-17/h3-4,6-9,11,14,18,20H,1-2,5,10,12-13,15,22H2/t18-,20-/m0/s1. The molecule has 7 nitrogen and oxygen atoms in total. The molecule has 2 aromatic rings. The van der Waals surface area contributed by atoms with Crippen molar-refractivity contribution in [1.29, 1.82) is 0 Å². The van der Waals surface area contributed by atoms with Gasteiger partial charge in [-0.25, -0.2) is 8.42 Å². The van der Waals surface area contributed by atoms with Gasteiger partial charge in [0.05, 0.1) is 4.90 Å². The highest BCUT2D eigenvalue weighted by molar-refractivity contribution is 7.89. The third-order valence-corrected chi connectivity index (χ3v) is 7.65. The van der Waals surface area contributed by atoms with E-state index in [9.17, 15) is 13.2 Å². The summed E-state index contributed by atoms with van der Waals surface area (Å²) in [6.07, 6.45) is 6.36. The zero-order valence-electron chi connectivity index (χ0n) is 16.3. The van der Waals surface area contributed by atoms with E-state index in [1.54, 1.807) is 41.6 Å². The number of pyridine rings is 1. The topological polar surface area (TPSA) is 96.6 Å². The number of piperidine rings is 1. The molecule has 2 aliphatic heterocycles. The van der Waals surface area contributed by atoms with Crippen LogP contribution in [-0.2, 0) is 14.8 Å². The molecule has 0 bridgehead atoms. The Morgan fingerprint density at radius 2 is 1.83 bits per heavy atom. The number of carbonyl (C=O) groups is 1. The zero-order chi connectivity index (χ0) is 20.4. The van der Waals surface area contributed by atoms with Gasteiger partial charge >= 0.3 is 0 Å². The summed E-state index contributed by atoms with van der Waals surface area (Å²) in [5.74, 6) is -0.117. The van der Waals surface area contributed by atoms with E-state index in [1.165, 1.54) is 4.31 Å². The molecule has 1 amide bonds. The first kappa shape index (κ1) is 20.0. The van der Waals surface area contributed by atoms with E-state index in [0.29, 0.717) is 26.1 Å². The summed E-state index contributed by atoms with van der Waals surface area (Å²) < 4.78 is 28.1. The number of nitrogens with zero attached hydrogens (tertiary/aromatic N) is 3. The summed E-state index contributed by atoms with van der Waals surface area (Å²) in [7, 11) is -3.76. The maximum absolute atomic E-state index is 13.3. The lowest BCUT2D eigenvalue weighted by molar-refractivity contribution is -0.135. The number of rotatable bonds is 4. The van der Waals surface area contributed by atoms with E-state index in [-0.39, 0.29) is 16.8 Å². The lowest BCUT2D eigenvalue weighted by atomic mass is 10.0. The van der Waals surface area contributed by atoms with Crippen molar-refractivity contribution in [3.05, 3.63) is 48.8 Å². The van der Waals surface area contributed by atoms with Crippen molar-refractivity contribution in [2.45, 2.75) is 42.7 Å². The molecule has 2 atom stereocenters. The normalized spacial score (nSPS) is 23.3. The number of carbonyl (C=O) groups excluding carboxylic acids is 1. The second kappa shape index (κ2) is 8.22. The van der Waals surface area contributed by atoms with Crippen LogP contribution in [-0.4, -0.2) is 60.2 Å². The minimum absolute atomic E-state index is 0.0207. The van der Waals surface area contributed by atoms with Crippen LogP contribution in [0.1, 0.15) is 25.7 Å². The summed E-state index contributed by atoms with van der Waals surface area (Å²) in [5, 5.41) is 0. The Morgan fingerprint density at radius 3 is 2.48 bits per heavy atom. The van der Waals surface area contributed by atoms with Gasteiger partial charge in [0, 0.05) is 38.1 Å². The highest BCUT2D eigenvalue weighted by atomic mass is 32.2. The molecule has 0 aliphatic carbocycles. The van der Waals surface area contributed by atoms with Crippen LogP contribution in [0.3, 0.4) is 0 Å². The summed E-state index contributed by atoms with van der Waals surface area (Å²) in [6, 6.07) is 9.89. The van der Waals surface area contributed by atoms with Gasteiger partial charge in [0.15, 0.2) is 0 Å². The van der Waals surface area contributed by atoms with Gasteiger partial charge in [0.1, 0.15) is 6.04 Å². The Labute approximate surface area is 171 Å². The Bertz CT molecular complexity index is 963. The van der Waals surface area contributed by atoms with E-state index >= 15 is 0 Å². The Morgan fingerprint density at radius 1 is 1.03 bits per heavy atom. The van der Waals surface area contributed by atoms with Crippen molar-refractivity contribution in [2.24, 2.45) is 5.73 Å². The maximum Gasteiger partial charge on any atom is 0.243 e. The third kappa shape index (κ3) is 4.05. The van der Waals surface area contributed by atoms with Crippen LogP contribution >= 0.6 is 0 Å². The molecular formula is C21H26N4O3S. The lowest BCUT2D eigenvalue weighted by Gasteiger charge is -2.35. The smallest absolute Gasteiger partial charge is 0.243 e. The summed E-state index contributed by atoms with van der Waals surface area (Å²) >= 11 is 0. The fourth-order valence-electron chi connectivity index (χ4n) is 4.13. The monoisotopic (exact) mass is 414 g/mol. The van der Waals surface area contributed by atoms with Gasteiger partial charge in [-0.15, -0.1) is 0 Å². The molecule has 29 heavy (non-hydrogen) atoms. The Balaban J connectivity index is 1.58. The number of nitrogens with two attached hydrogens (primary N) is 1. The van der Waals surface area contributed by atoms with E-state index in [0.717, 1.165) is 30.4 Å². The largest absolute Gasteiger partial charge is 0.340 e. The zero-order valence-corrected chi connectivity index (χ0v) is 17.1. The van der Waals surface area contributed by atoms with Crippen LogP contribution in [0.25, 0.3) is 11.1 Å². The quantitative estimate of drug-likeness (QED) is 0.824. The van der Waals surface area contributed by atoms with Crippen LogP contribution in [0.5, 0.6) is 0 Å². The minimum atomic E-state index is -3.76. The molecule has 0 radical (unpaired) electrons. The SMILES string of the molecule is N[C@H]1CCN(C(=O)[C@@H]2CCCCN2S(=O)(=O)c2ccc(-c3cccnc3)cc2)C1. The molecule has 2 N–H and O–H groups in total. The average Bonchev–Trinajstić information content (AvgIpc) is 3.20. The third-order valence-electron chi connectivity index (χ3n) is 5.73. The lowest BCUT2D eigenvalue weighted by Crippen LogP contribution is -2.52. The fraction of sp³-hybridized carbons (Fsp3) is 0.429. The molecule has 0 spiro atoms. The van der Waals surface area contributed by atoms with E-state index < -0.39 is 16.1 Å².